The van der Waals surface area contributed by atoms with Crippen molar-refractivity contribution in [3.8, 4) is 11.5 Å². The topological polar surface area (TPSA) is 79.9 Å². The minimum Gasteiger partial charge on any atom is -0.493 e. The van der Waals surface area contributed by atoms with Crippen LogP contribution in [0, 0.1) is 5.82 Å². The van der Waals surface area contributed by atoms with Crippen LogP contribution in [0.2, 0.25) is 0 Å². The molecular formula is C23H28FN3O4. The molecule has 0 radical (unpaired) electrons. The molecule has 166 valence electrons. The van der Waals surface area contributed by atoms with E-state index in [-0.39, 0.29) is 24.1 Å². The van der Waals surface area contributed by atoms with Gasteiger partial charge in [0.2, 0.25) is 11.8 Å². The van der Waals surface area contributed by atoms with Gasteiger partial charge >= 0.3 is 0 Å². The van der Waals surface area contributed by atoms with Gasteiger partial charge in [0.15, 0.2) is 11.5 Å². The van der Waals surface area contributed by atoms with E-state index < -0.39 is 6.04 Å². The summed E-state index contributed by atoms with van der Waals surface area (Å²) in [7, 11) is 3.16. The largest absolute Gasteiger partial charge is 0.493 e. The lowest BCUT2D eigenvalue weighted by atomic mass is 10.1. The maximum Gasteiger partial charge on any atom is 0.237 e. The zero-order chi connectivity index (χ0) is 22.2. The molecule has 31 heavy (non-hydrogen) atoms. The average Bonchev–Trinajstić information content (AvgIpc) is 2.77. The first kappa shape index (κ1) is 22.6. The van der Waals surface area contributed by atoms with Crippen LogP contribution in [0.1, 0.15) is 17.5 Å². The fourth-order valence-electron chi connectivity index (χ4n) is 3.63. The highest BCUT2D eigenvalue weighted by atomic mass is 19.1. The Labute approximate surface area is 181 Å². The lowest BCUT2D eigenvalue weighted by Gasteiger charge is -2.34. The van der Waals surface area contributed by atoms with Crippen LogP contribution >= 0.6 is 0 Å². The first-order valence-electron chi connectivity index (χ1n) is 10.2. The van der Waals surface area contributed by atoms with Crippen molar-refractivity contribution in [1.82, 2.24) is 15.5 Å². The van der Waals surface area contributed by atoms with E-state index in [4.69, 9.17) is 9.47 Å². The molecule has 1 atom stereocenters. The van der Waals surface area contributed by atoms with Crippen molar-refractivity contribution in [2.45, 2.75) is 25.4 Å². The van der Waals surface area contributed by atoms with E-state index in [2.05, 4.69) is 10.6 Å². The summed E-state index contributed by atoms with van der Waals surface area (Å²) < 4.78 is 23.6. The van der Waals surface area contributed by atoms with Gasteiger partial charge in [-0.3, -0.25) is 14.5 Å². The Morgan fingerprint density at radius 2 is 1.84 bits per heavy atom. The number of carbonyl (C=O) groups is 2. The first-order chi connectivity index (χ1) is 15.0. The van der Waals surface area contributed by atoms with Crippen molar-refractivity contribution in [2.24, 2.45) is 0 Å². The Bertz CT molecular complexity index is 904. The highest BCUT2D eigenvalue weighted by molar-refractivity contribution is 5.88. The van der Waals surface area contributed by atoms with Crippen LogP contribution < -0.4 is 20.1 Å². The smallest absolute Gasteiger partial charge is 0.237 e. The second-order valence-electron chi connectivity index (χ2n) is 7.40. The van der Waals surface area contributed by atoms with Crippen molar-refractivity contribution in [2.75, 3.05) is 33.9 Å². The molecule has 1 aliphatic rings. The number of nitrogens with one attached hydrogen (secondary N) is 2. The summed E-state index contributed by atoms with van der Waals surface area (Å²) >= 11 is 0. The third-order valence-corrected chi connectivity index (χ3v) is 5.30. The molecule has 0 aliphatic carbocycles. The fourth-order valence-corrected chi connectivity index (χ4v) is 3.63. The summed E-state index contributed by atoms with van der Waals surface area (Å²) in [5.74, 6) is 0.629. The van der Waals surface area contributed by atoms with Crippen LogP contribution in [-0.2, 0) is 22.6 Å². The maximum atomic E-state index is 13.0. The number of methoxy groups -OCH3 is 2. The fraction of sp³-hybridized carbons (Fsp3) is 0.391. The predicted octanol–water partition coefficient (Wildman–Crippen LogP) is 1.89. The van der Waals surface area contributed by atoms with Gasteiger partial charge in [0.05, 0.1) is 26.7 Å². The van der Waals surface area contributed by atoms with E-state index in [1.165, 1.54) is 12.1 Å². The Balaban J connectivity index is 1.57. The summed E-state index contributed by atoms with van der Waals surface area (Å²) in [4.78, 5) is 26.9. The van der Waals surface area contributed by atoms with Gasteiger partial charge in [-0.2, -0.15) is 0 Å². The van der Waals surface area contributed by atoms with E-state index >= 15 is 0 Å². The molecule has 0 aromatic heterocycles. The lowest BCUT2D eigenvalue weighted by Crippen LogP contribution is -2.56. The van der Waals surface area contributed by atoms with Crippen molar-refractivity contribution in [1.29, 1.82) is 0 Å². The Morgan fingerprint density at radius 1 is 1.13 bits per heavy atom. The van der Waals surface area contributed by atoms with E-state index in [0.717, 1.165) is 11.1 Å². The normalized spacial score (nSPS) is 16.5. The molecule has 2 N–H and O–H groups in total. The predicted molar refractivity (Wildman–Crippen MR) is 114 cm³/mol. The molecule has 1 heterocycles. The molecule has 0 bridgehead atoms. The van der Waals surface area contributed by atoms with Crippen LogP contribution in [0.3, 0.4) is 0 Å². The number of ether oxygens (including phenoxy) is 2. The number of rotatable bonds is 9. The number of piperazine rings is 1. The molecule has 1 saturated heterocycles. The van der Waals surface area contributed by atoms with Crippen LogP contribution in [0.15, 0.2) is 42.5 Å². The third kappa shape index (κ3) is 6.18. The zero-order valence-electron chi connectivity index (χ0n) is 17.8. The molecule has 1 fully saturated rings. The molecule has 7 nitrogen and oxygen atoms in total. The Kier molecular flexibility index (Phi) is 7.83. The quantitative estimate of drug-likeness (QED) is 0.637. The molecular weight excluding hydrogens is 401 g/mol. The number of carbonyl (C=O) groups excluding carboxylic acids is 2. The van der Waals surface area contributed by atoms with E-state index in [0.29, 0.717) is 44.1 Å². The lowest BCUT2D eigenvalue weighted by molar-refractivity contribution is -0.134. The maximum absolute atomic E-state index is 13.0. The number of hydrogen-bond acceptors (Lipinski definition) is 5. The van der Waals surface area contributed by atoms with E-state index in [1.807, 2.05) is 23.1 Å². The number of halogens is 1. The van der Waals surface area contributed by atoms with Crippen molar-refractivity contribution >= 4 is 11.8 Å². The number of amides is 2. The Morgan fingerprint density at radius 3 is 2.55 bits per heavy atom. The van der Waals surface area contributed by atoms with Crippen LogP contribution in [0.5, 0.6) is 11.5 Å². The highest BCUT2D eigenvalue weighted by Gasteiger charge is 2.31. The van der Waals surface area contributed by atoms with Gasteiger partial charge in [0.1, 0.15) is 5.82 Å². The second kappa shape index (κ2) is 10.8. The number of nitrogens with zero attached hydrogens (tertiary/aromatic N) is 1. The molecule has 2 aromatic rings. The summed E-state index contributed by atoms with van der Waals surface area (Å²) in [6, 6.07) is 11.3. The number of benzene rings is 2. The summed E-state index contributed by atoms with van der Waals surface area (Å²) in [6.07, 6.45) is 0.667. The van der Waals surface area contributed by atoms with E-state index in [9.17, 15) is 14.0 Å². The average molecular weight is 429 g/mol. The highest BCUT2D eigenvalue weighted by Crippen LogP contribution is 2.28. The van der Waals surface area contributed by atoms with Gasteiger partial charge in [-0.15, -0.1) is 0 Å². The van der Waals surface area contributed by atoms with E-state index in [1.54, 1.807) is 26.4 Å². The molecule has 0 spiro atoms. The monoisotopic (exact) mass is 429 g/mol. The summed E-state index contributed by atoms with van der Waals surface area (Å²) in [5, 5.41) is 5.70. The molecule has 8 heteroatoms. The van der Waals surface area contributed by atoms with Gasteiger partial charge in [-0.1, -0.05) is 18.2 Å². The van der Waals surface area contributed by atoms with Gasteiger partial charge in [0.25, 0.3) is 0 Å². The molecule has 3 rings (SSSR count). The second-order valence-corrected chi connectivity index (χ2v) is 7.40. The number of hydrogen-bond donors (Lipinski definition) is 2. The Hall–Kier alpha value is -3.13. The van der Waals surface area contributed by atoms with Gasteiger partial charge in [0, 0.05) is 26.2 Å². The van der Waals surface area contributed by atoms with Crippen molar-refractivity contribution < 1.29 is 23.5 Å². The minimum atomic E-state index is -0.548. The molecule has 0 saturated carbocycles. The van der Waals surface area contributed by atoms with Crippen LogP contribution in [-0.4, -0.2) is 56.6 Å². The molecule has 1 unspecified atom stereocenters. The minimum absolute atomic E-state index is 0.0720. The van der Waals surface area contributed by atoms with Crippen LogP contribution in [0.25, 0.3) is 0 Å². The summed E-state index contributed by atoms with van der Waals surface area (Å²) in [6.45, 7) is 2.12. The van der Waals surface area contributed by atoms with Crippen molar-refractivity contribution in [3.63, 3.8) is 0 Å². The zero-order valence-corrected chi connectivity index (χ0v) is 17.8. The van der Waals surface area contributed by atoms with Crippen molar-refractivity contribution in [3.05, 3.63) is 59.4 Å². The molecule has 2 aromatic carbocycles. The first-order valence-corrected chi connectivity index (χ1v) is 10.2. The summed E-state index contributed by atoms with van der Waals surface area (Å²) in [5.41, 5.74) is 1.90. The third-order valence-electron chi connectivity index (χ3n) is 5.30. The van der Waals surface area contributed by atoms with Crippen LogP contribution in [0.4, 0.5) is 4.39 Å². The van der Waals surface area contributed by atoms with Gasteiger partial charge in [-0.05, 0) is 41.8 Å². The standard InChI is InChI=1S/C23H28FN3O4/c1-30-20-8-5-17(13-21(20)31-2)15-27-12-11-26-23(29)19(27)14-22(28)25-10-9-16-3-6-18(24)7-4-16/h3-8,13,19H,9-12,14-15H2,1-2H3,(H,25,28)(H,26,29). The molecule has 1 aliphatic heterocycles. The van der Waals surface area contributed by atoms with Gasteiger partial charge < -0.3 is 20.1 Å². The molecule has 2 amide bonds. The SMILES string of the molecule is COc1ccc(CN2CCNC(=O)C2CC(=O)NCCc2ccc(F)cc2)cc1OC. The van der Waals surface area contributed by atoms with Gasteiger partial charge in [-0.25, -0.2) is 4.39 Å².